The third kappa shape index (κ3) is 3.35. The minimum atomic E-state index is -0.369. The van der Waals surface area contributed by atoms with Crippen LogP contribution in [0.25, 0.3) is 5.57 Å². The molecule has 3 aromatic rings. The topological polar surface area (TPSA) is 59.1 Å². The minimum absolute atomic E-state index is 0.365. The molecule has 33 heavy (non-hydrogen) atoms. The molecule has 166 valence electrons. The fourth-order valence-electron chi connectivity index (χ4n) is 4.51. The maximum absolute atomic E-state index is 13.9. The summed E-state index contributed by atoms with van der Waals surface area (Å²) in [4.78, 5) is 30.9. The van der Waals surface area contributed by atoms with E-state index in [0.717, 1.165) is 23.2 Å². The molecule has 0 fully saturated rings. The molecule has 0 spiro atoms. The lowest BCUT2D eigenvalue weighted by Crippen LogP contribution is -2.35. The zero-order chi connectivity index (χ0) is 23.1. The highest BCUT2D eigenvalue weighted by Gasteiger charge is 2.45. The van der Waals surface area contributed by atoms with Gasteiger partial charge in [0.25, 0.3) is 11.8 Å². The molecule has 2 aliphatic heterocycles. The standard InChI is InChI=1S/C27H24N2O4/c1-17-8-10-19(11-9-17)24-25(28-15-14-18-6-4-5-7-21(18)28)27(31)29(26(24)30)22-13-12-20(32-2)16-23(22)33-3/h4-13,16H,14-15H2,1-3H3. The lowest BCUT2D eigenvalue weighted by molar-refractivity contribution is -0.120. The maximum Gasteiger partial charge on any atom is 0.282 e. The fourth-order valence-corrected chi connectivity index (χ4v) is 4.51. The van der Waals surface area contributed by atoms with Gasteiger partial charge in [0.2, 0.25) is 0 Å². The van der Waals surface area contributed by atoms with Gasteiger partial charge >= 0.3 is 0 Å². The molecular weight excluding hydrogens is 416 g/mol. The van der Waals surface area contributed by atoms with Crippen LogP contribution in [0.3, 0.4) is 0 Å². The molecule has 0 radical (unpaired) electrons. The van der Waals surface area contributed by atoms with Crippen molar-refractivity contribution < 1.29 is 19.1 Å². The van der Waals surface area contributed by atoms with Gasteiger partial charge in [-0.2, -0.15) is 0 Å². The highest BCUT2D eigenvalue weighted by atomic mass is 16.5. The Morgan fingerprint density at radius 2 is 1.58 bits per heavy atom. The predicted octanol–water partition coefficient (Wildman–Crippen LogP) is 4.36. The van der Waals surface area contributed by atoms with Gasteiger partial charge < -0.3 is 14.4 Å². The second kappa shape index (κ2) is 8.13. The molecule has 0 saturated carbocycles. The van der Waals surface area contributed by atoms with Crippen molar-refractivity contribution in [3.63, 3.8) is 0 Å². The lowest BCUT2D eigenvalue weighted by atomic mass is 10.0. The lowest BCUT2D eigenvalue weighted by Gasteiger charge is -2.22. The van der Waals surface area contributed by atoms with Gasteiger partial charge in [-0.25, -0.2) is 4.90 Å². The van der Waals surface area contributed by atoms with E-state index in [0.29, 0.717) is 40.6 Å². The van der Waals surface area contributed by atoms with E-state index in [-0.39, 0.29) is 11.8 Å². The molecule has 2 amide bonds. The molecular formula is C27H24N2O4. The summed E-state index contributed by atoms with van der Waals surface area (Å²) in [5.41, 5.74) is 5.10. The van der Waals surface area contributed by atoms with E-state index in [1.807, 2.05) is 54.3 Å². The van der Waals surface area contributed by atoms with Crippen molar-refractivity contribution in [2.45, 2.75) is 13.3 Å². The highest BCUT2D eigenvalue weighted by molar-refractivity contribution is 6.46. The van der Waals surface area contributed by atoms with Gasteiger partial charge in [0, 0.05) is 18.3 Å². The monoisotopic (exact) mass is 440 g/mol. The van der Waals surface area contributed by atoms with Gasteiger partial charge in [-0.15, -0.1) is 0 Å². The molecule has 0 N–H and O–H groups in total. The van der Waals surface area contributed by atoms with Crippen molar-refractivity contribution >= 4 is 28.8 Å². The number of anilines is 2. The van der Waals surface area contributed by atoms with Crippen molar-refractivity contribution in [3.8, 4) is 11.5 Å². The predicted molar refractivity (Wildman–Crippen MR) is 128 cm³/mol. The Morgan fingerprint density at radius 1 is 0.818 bits per heavy atom. The number of fused-ring (bicyclic) bond motifs is 1. The van der Waals surface area contributed by atoms with Crippen LogP contribution in [0.1, 0.15) is 16.7 Å². The molecule has 0 aromatic heterocycles. The van der Waals surface area contributed by atoms with Crippen LogP contribution in [0, 0.1) is 6.92 Å². The summed E-state index contributed by atoms with van der Waals surface area (Å²) < 4.78 is 10.8. The molecule has 5 rings (SSSR count). The van der Waals surface area contributed by atoms with Crippen molar-refractivity contribution in [3.05, 3.63) is 89.1 Å². The molecule has 2 aliphatic rings. The summed E-state index contributed by atoms with van der Waals surface area (Å²) >= 11 is 0. The normalized spacial score (nSPS) is 15.4. The molecule has 0 bridgehead atoms. The first-order chi connectivity index (χ1) is 16.0. The molecule has 6 heteroatoms. The Balaban J connectivity index is 1.68. The van der Waals surface area contributed by atoms with E-state index in [2.05, 4.69) is 6.07 Å². The number of amides is 2. The number of ether oxygens (including phenoxy) is 2. The number of benzene rings is 3. The Labute approximate surface area is 192 Å². The van der Waals surface area contributed by atoms with E-state index in [1.165, 1.54) is 12.0 Å². The molecule has 0 aliphatic carbocycles. The summed E-state index contributed by atoms with van der Waals surface area (Å²) in [6, 6.07) is 20.8. The largest absolute Gasteiger partial charge is 0.497 e. The molecule has 2 heterocycles. The average Bonchev–Trinajstić information content (AvgIpc) is 3.37. The minimum Gasteiger partial charge on any atom is -0.497 e. The first-order valence-corrected chi connectivity index (χ1v) is 10.8. The third-order valence-corrected chi connectivity index (χ3v) is 6.18. The van der Waals surface area contributed by atoms with Crippen molar-refractivity contribution in [1.82, 2.24) is 0 Å². The van der Waals surface area contributed by atoms with Gasteiger partial charge in [0.1, 0.15) is 17.2 Å². The molecule has 0 atom stereocenters. The van der Waals surface area contributed by atoms with Crippen molar-refractivity contribution in [1.29, 1.82) is 0 Å². The Bertz CT molecular complexity index is 1290. The van der Waals surface area contributed by atoms with E-state index in [1.54, 1.807) is 25.3 Å². The number of hydrogen-bond acceptors (Lipinski definition) is 5. The van der Waals surface area contributed by atoms with E-state index in [4.69, 9.17) is 9.47 Å². The zero-order valence-corrected chi connectivity index (χ0v) is 18.8. The number of methoxy groups -OCH3 is 2. The molecule has 0 saturated heterocycles. The summed E-state index contributed by atoms with van der Waals surface area (Å²) in [5, 5.41) is 0. The van der Waals surface area contributed by atoms with E-state index < -0.39 is 0 Å². The smallest absolute Gasteiger partial charge is 0.282 e. The molecule has 6 nitrogen and oxygen atoms in total. The van der Waals surface area contributed by atoms with Crippen LogP contribution in [-0.2, 0) is 16.0 Å². The summed E-state index contributed by atoms with van der Waals surface area (Å²) in [6.45, 7) is 2.63. The average molecular weight is 440 g/mol. The van der Waals surface area contributed by atoms with Gasteiger partial charge in [-0.3, -0.25) is 9.59 Å². The maximum atomic E-state index is 13.9. The number of imide groups is 1. The van der Waals surface area contributed by atoms with Gasteiger partial charge in [0.15, 0.2) is 0 Å². The van der Waals surface area contributed by atoms with E-state index >= 15 is 0 Å². The van der Waals surface area contributed by atoms with Crippen LogP contribution in [0.4, 0.5) is 11.4 Å². The molecule has 0 unspecified atom stereocenters. The van der Waals surface area contributed by atoms with Crippen LogP contribution < -0.4 is 19.3 Å². The zero-order valence-electron chi connectivity index (χ0n) is 18.8. The van der Waals surface area contributed by atoms with Crippen LogP contribution in [-0.4, -0.2) is 32.6 Å². The van der Waals surface area contributed by atoms with Gasteiger partial charge in [-0.05, 0) is 42.7 Å². The van der Waals surface area contributed by atoms with Crippen molar-refractivity contribution in [2.24, 2.45) is 0 Å². The second-order valence-electron chi connectivity index (χ2n) is 8.10. The summed E-state index contributed by atoms with van der Waals surface area (Å²) in [5.74, 6) is 0.236. The SMILES string of the molecule is COc1ccc(N2C(=O)C(c3ccc(C)cc3)=C(N3CCc4ccccc43)C2=O)c(OC)c1. The quantitative estimate of drug-likeness (QED) is 0.552. The first kappa shape index (κ1) is 20.8. The summed E-state index contributed by atoms with van der Waals surface area (Å²) in [6.07, 6.45) is 0.814. The number of rotatable bonds is 5. The first-order valence-electron chi connectivity index (χ1n) is 10.8. The van der Waals surface area contributed by atoms with Gasteiger partial charge in [0.05, 0.1) is 25.5 Å². The number of hydrogen-bond donors (Lipinski definition) is 0. The fraction of sp³-hybridized carbons (Fsp3) is 0.185. The van der Waals surface area contributed by atoms with Crippen LogP contribution >= 0.6 is 0 Å². The Kier molecular flexibility index (Phi) is 5.13. The number of carbonyl (C=O) groups is 2. The highest BCUT2D eigenvalue weighted by Crippen LogP contribution is 2.42. The number of carbonyl (C=O) groups excluding carboxylic acids is 2. The molecule has 3 aromatic carbocycles. The van der Waals surface area contributed by atoms with Crippen LogP contribution in [0.15, 0.2) is 72.4 Å². The Hall–Kier alpha value is -4.06. The number of para-hydroxylation sites is 1. The van der Waals surface area contributed by atoms with Crippen molar-refractivity contribution in [2.75, 3.05) is 30.6 Å². The third-order valence-electron chi connectivity index (χ3n) is 6.18. The van der Waals surface area contributed by atoms with Gasteiger partial charge in [-0.1, -0.05) is 48.0 Å². The summed E-state index contributed by atoms with van der Waals surface area (Å²) in [7, 11) is 3.07. The Morgan fingerprint density at radius 3 is 2.30 bits per heavy atom. The van der Waals surface area contributed by atoms with Crippen LogP contribution in [0.5, 0.6) is 11.5 Å². The van der Waals surface area contributed by atoms with Crippen LogP contribution in [0.2, 0.25) is 0 Å². The second-order valence-corrected chi connectivity index (χ2v) is 8.10. The number of aryl methyl sites for hydroxylation is 1. The van der Waals surface area contributed by atoms with E-state index in [9.17, 15) is 9.59 Å². The number of nitrogens with zero attached hydrogens (tertiary/aromatic N) is 2.